The molecular weight excluding hydrogens is 433 g/mol. The number of aromatic amines is 1. The van der Waals surface area contributed by atoms with Gasteiger partial charge in [0.2, 0.25) is 0 Å². The number of hydrogen-bond acceptors (Lipinski definition) is 2. The van der Waals surface area contributed by atoms with Gasteiger partial charge in [-0.1, -0.05) is 33.6 Å². The van der Waals surface area contributed by atoms with E-state index in [1.165, 1.54) is 6.07 Å². The Bertz CT molecular complexity index is 983. The lowest BCUT2D eigenvalue weighted by Gasteiger charge is -2.41. The van der Waals surface area contributed by atoms with E-state index >= 15 is 0 Å². The summed E-state index contributed by atoms with van der Waals surface area (Å²) in [4.78, 5) is 3.28. The van der Waals surface area contributed by atoms with Gasteiger partial charge in [-0.15, -0.1) is 0 Å². The van der Waals surface area contributed by atoms with Gasteiger partial charge in [-0.25, -0.2) is 4.39 Å². The van der Waals surface area contributed by atoms with Gasteiger partial charge in [0.1, 0.15) is 5.82 Å². The first-order chi connectivity index (χ1) is 12.8. The highest BCUT2D eigenvalue weighted by Gasteiger charge is 2.40. The lowest BCUT2D eigenvalue weighted by molar-refractivity contribution is -0.0548. The summed E-state index contributed by atoms with van der Waals surface area (Å²) in [7, 11) is 0. The monoisotopic (exact) mass is 451 g/mol. The van der Waals surface area contributed by atoms with Crippen LogP contribution in [0.1, 0.15) is 37.1 Å². The van der Waals surface area contributed by atoms with E-state index < -0.39 is 5.60 Å². The fraction of sp³-hybridized carbons (Fsp3) is 0.350. The van der Waals surface area contributed by atoms with Crippen LogP contribution in [0.5, 0.6) is 0 Å². The van der Waals surface area contributed by atoms with E-state index in [1.54, 1.807) is 18.3 Å². The zero-order valence-electron chi connectivity index (χ0n) is 15.1. The predicted molar refractivity (Wildman–Crippen MR) is 109 cm³/mol. The molecule has 1 aromatic carbocycles. The molecule has 1 fully saturated rings. The van der Waals surface area contributed by atoms with Crippen LogP contribution in [-0.4, -0.2) is 25.5 Å². The first-order valence-corrected chi connectivity index (χ1v) is 10.3. The number of nitrogens with one attached hydrogen (secondary N) is 1. The molecule has 0 amide bonds. The molecule has 1 aliphatic rings. The molecule has 0 saturated heterocycles. The van der Waals surface area contributed by atoms with E-state index in [2.05, 4.69) is 26.0 Å². The Hall–Kier alpha value is -1.63. The van der Waals surface area contributed by atoms with E-state index in [0.29, 0.717) is 28.8 Å². The normalized spacial score (nSPS) is 22.1. The summed E-state index contributed by atoms with van der Waals surface area (Å²) in [6.45, 7) is 3.87. The highest BCUT2D eigenvalue weighted by Crippen LogP contribution is 2.43. The minimum absolute atomic E-state index is 0.205. The largest absolute Gasteiger partial charge is 0.390 e. The van der Waals surface area contributed by atoms with Crippen LogP contribution in [-0.2, 0) is 5.33 Å². The van der Waals surface area contributed by atoms with Gasteiger partial charge in [0, 0.05) is 33.9 Å². The van der Waals surface area contributed by atoms with Crippen molar-refractivity contribution >= 4 is 27.5 Å². The van der Waals surface area contributed by atoms with Crippen molar-refractivity contribution in [3.8, 4) is 22.4 Å². The van der Waals surface area contributed by atoms with E-state index in [9.17, 15) is 9.50 Å². The molecule has 0 aliphatic heterocycles. The van der Waals surface area contributed by atoms with Crippen LogP contribution in [0.2, 0.25) is 5.02 Å². The Labute approximate surface area is 170 Å². The maximum absolute atomic E-state index is 14.4. The molecule has 3 aromatic rings. The summed E-state index contributed by atoms with van der Waals surface area (Å²) in [5.74, 6) is -0.348. The van der Waals surface area contributed by atoms with Crippen LogP contribution in [0, 0.1) is 12.7 Å². The molecule has 0 unspecified atom stereocenters. The van der Waals surface area contributed by atoms with Crippen LogP contribution in [0.15, 0.2) is 30.6 Å². The van der Waals surface area contributed by atoms with Crippen LogP contribution in [0.4, 0.5) is 4.39 Å². The van der Waals surface area contributed by atoms with Crippen LogP contribution in [0.25, 0.3) is 22.4 Å². The van der Waals surface area contributed by atoms with E-state index in [-0.39, 0.29) is 11.9 Å². The third kappa shape index (κ3) is 3.13. The number of benzene rings is 1. The van der Waals surface area contributed by atoms with E-state index in [1.807, 2.05) is 24.7 Å². The summed E-state index contributed by atoms with van der Waals surface area (Å²) in [6.07, 6.45) is 5.01. The van der Waals surface area contributed by atoms with Gasteiger partial charge >= 0.3 is 0 Å². The van der Waals surface area contributed by atoms with Crippen LogP contribution in [0.3, 0.4) is 0 Å². The third-order valence-electron chi connectivity index (χ3n) is 5.36. The van der Waals surface area contributed by atoms with Crippen molar-refractivity contribution in [1.82, 2.24) is 14.8 Å². The maximum Gasteiger partial charge on any atom is 0.132 e. The Balaban J connectivity index is 1.76. The highest BCUT2D eigenvalue weighted by atomic mass is 79.9. The van der Waals surface area contributed by atoms with Gasteiger partial charge in [0.15, 0.2) is 0 Å². The minimum Gasteiger partial charge on any atom is -0.390 e. The summed E-state index contributed by atoms with van der Waals surface area (Å²) < 4.78 is 16.4. The average Bonchev–Trinajstić information content (AvgIpc) is 3.15. The molecule has 2 aromatic heterocycles. The molecule has 7 heteroatoms. The molecule has 1 aliphatic carbocycles. The molecule has 2 N–H and O–H groups in total. The van der Waals surface area contributed by atoms with Gasteiger partial charge in [0.05, 0.1) is 28.6 Å². The van der Waals surface area contributed by atoms with Crippen molar-refractivity contribution < 1.29 is 9.50 Å². The van der Waals surface area contributed by atoms with Gasteiger partial charge in [-0.2, -0.15) is 5.10 Å². The molecule has 27 heavy (non-hydrogen) atoms. The summed E-state index contributed by atoms with van der Waals surface area (Å²) in [5.41, 5.74) is 4.35. The van der Waals surface area contributed by atoms with Crippen molar-refractivity contribution in [2.24, 2.45) is 0 Å². The van der Waals surface area contributed by atoms with Crippen molar-refractivity contribution in [3.63, 3.8) is 0 Å². The Kier molecular flexibility index (Phi) is 4.69. The molecule has 2 heterocycles. The number of aromatic nitrogens is 3. The SMILES string of the molecule is Cc1c(-c2[nH]cc(-c3c(F)cccc3Cl)c2CBr)cnn1C1CC(C)(O)C1. The summed E-state index contributed by atoms with van der Waals surface area (Å²) in [6, 6.07) is 4.91. The first-order valence-electron chi connectivity index (χ1n) is 8.80. The van der Waals surface area contributed by atoms with Crippen molar-refractivity contribution in [3.05, 3.63) is 52.7 Å². The molecule has 142 valence electrons. The topological polar surface area (TPSA) is 53.8 Å². The van der Waals surface area contributed by atoms with Gasteiger partial charge in [0.25, 0.3) is 0 Å². The second kappa shape index (κ2) is 6.76. The lowest BCUT2D eigenvalue weighted by atomic mass is 9.77. The van der Waals surface area contributed by atoms with E-state index in [4.69, 9.17) is 11.6 Å². The molecule has 0 radical (unpaired) electrons. The van der Waals surface area contributed by atoms with Crippen molar-refractivity contribution in [2.75, 3.05) is 0 Å². The summed E-state index contributed by atoms with van der Waals surface area (Å²) in [5, 5.41) is 15.5. The number of rotatable bonds is 4. The second-order valence-corrected chi connectivity index (χ2v) is 8.40. The molecule has 1 saturated carbocycles. The number of halogens is 3. The Morgan fingerprint density at radius 1 is 1.41 bits per heavy atom. The fourth-order valence-electron chi connectivity index (χ4n) is 3.98. The van der Waals surface area contributed by atoms with Gasteiger partial charge < -0.3 is 10.1 Å². The number of H-pyrrole nitrogens is 1. The second-order valence-electron chi connectivity index (χ2n) is 7.43. The molecule has 4 rings (SSSR count). The van der Waals surface area contributed by atoms with E-state index in [0.717, 1.165) is 28.1 Å². The zero-order chi connectivity index (χ0) is 19.3. The average molecular weight is 453 g/mol. The standard InChI is InChI=1S/C20H20BrClFN3O/c1-11-14(10-25-26(11)12-6-20(2,27)7-12)19-13(8-21)15(9-24-19)18-16(22)4-3-5-17(18)23/h3-5,9-10,12,24,27H,6-8H2,1-2H3. The number of nitrogens with zero attached hydrogens (tertiary/aromatic N) is 2. The van der Waals surface area contributed by atoms with Crippen LogP contribution >= 0.6 is 27.5 Å². The number of alkyl halides is 1. The smallest absolute Gasteiger partial charge is 0.132 e. The minimum atomic E-state index is -0.606. The molecule has 4 nitrogen and oxygen atoms in total. The highest BCUT2D eigenvalue weighted by molar-refractivity contribution is 9.08. The zero-order valence-corrected chi connectivity index (χ0v) is 17.4. The Morgan fingerprint density at radius 3 is 2.78 bits per heavy atom. The maximum atomic E-state index is 14.4. The number of hydrogen-bond donors (Lipinski definition) is 2. The van der Waals surface area contributed by atoms with Gasteiger partial charge in [-0.05, 0) is 44.4 Å². The molecule has 0 atom stereocenters. The fourth-order valence-corrected chi connectivity index (χ4v) is 4.82. The molecule has 0 spiro atoms. The van der Waals surface area contributed by atoms with Gasteiger partial charge in [-0.3, -0.25) is 4.68 Å². The van der Waals surface area contributed by atoms with Crippen LogP contribution < -0.4 is 0 Å². The summed E-state index contributed by atoms with van der Waals surface area (Å²) >= 11 is 9.81. The predicted octanol–water partition coefficient (Wildman–Crippen LogP) is 5.63. The molecular formula is C20H20BrClFN3O. The quantitative estimate of drug-likeness (QED) is 0.504. The Morgan fingerprint density at radius 2 is 2.15 bits per heavy atom. The lowest BCUT2D eigenvalue weighted by Crippen LogP contribution is -2.42. The molecule has 0 bridgehead atoms. The third-order valence-corrected chi connectivity index (χ3v) is 6.24. The van der Waals surface area contributed by atoms with Crippen molar-refractivity contribution in [2.45, 2.75) is 43.7 Å². The first kappa shape index (κ1) is 18.7. The number of aliphatic hydroxyl groups is 1. The van der Waals surface area contributed by atoms with Crippen molar-refractivity contribution in [1.29, 1.82) is 0 Å².